The van der Waals surface area contributed by atoms with Crippen molar-refractivity contribution in [3.63, 3.8) is 0 Å². The first-order valence-corrected chi connectivity index (χ1v) is 17.3. The van der Waals surface area contributed by atoms with Gasteiger partial charge in [-0.25, -0.2) is 0 Å². The molecule has 262 valence electrons. The van der Waals surface area contributed by atoms with Crippen LogP contribution in [0.2, 0.25) is 0 Å². The fourth-order valence-electron chi connectivity index (χ4n) is 3.75. The Hall–Kier alpha value is -2.41. The Morgan fingerprint density at radius 2 is 1.31 bits per heavy atom. The highest BCUT2D eigenvalue weighted by atomic mass is 32.2. The van der Waals surface area contributed by atoms with E-state index in [1.165, 1.54) is 18.4 Å². The van der Waals surface area contributed by atoms with Gasteiger partial charge in [0.25, 0.3) is 0 Å². The molecule has 0 spiro atoms. The molecule has 0 unspecified atom stereocenters. The number of amides is 1. The topological polar surface area (TPSA) is 169 Å². The number of nitrogens with zero attached hydrogens (tertiary/aromatic N) is 5. The zero-order valence-corrected chi connectivity index (χ0v) is 32.0. The molecule has 13 heteroatoms. The number of thioether (sulfide) groups is 1. The quantitative estimate of drug-likeness (QED) is 0.125. The molecule has 0 bridgehead atoms. The Kier molecular flexibility index (Phi) is 21.3. The molecule has 1 aliphatic rings. The van der Waals surface area contributed by atoms with Gasteiger partial charge >= 0.3 is 0 Å². The number of hydrogen-bond acceptors (Lipinski definition) is 10. The van der Waals surface area contributed by atoms with Crippen LogP contribution in [0.5, 0.6) is 0 Å². The summed E-state index contributed by atoms with van der Waals surface area (Å²) in [5, 5.41) is 23.0. The molecule has 1 saturated heterocycles. The first-order chi connectivity index (χ1) is 20.4. The molecule has 0 aromatic carbocycles. The molecule has 1 fully saturated rings. The van der Waals surface area contributed by atoms with Crippen LogP contribution in [-0.4, -0.2) is 75.4 Å². The maximum atomic E-state index is 11.7. The fraction of sp³-hybridized carbons (Fsp3) is 0.812. The van der Waals surface area contributed by atoms with Crippen molar-refractivity contribution >= 4 is 46.5 Å². The maximum Gasteiger partial charge on any atom is 0.223 e. The van der Waals surface area contributed by atoms with Gasteiger partial charge in [0, 0.05) is 50.3 Å². The summed E-state index contributed by atoms with van der Waals surface area (Å²) < 4.78 is 0. The number of oxime groups is 2. The van der Waals surface area contributed by atoms with Crippen molar-refractivity contribution in [2.75, 3.05) is 31.7 Å². The van der Waals surface area contributed by atoms with Crippen LogP contribution in [0.1, 0.15) is 114 Å². The van der Waals surface area contributed by atoms with Gasteiger partial charge in [-0.1, -0.05) is 93.4 Å². The van der Waals surface area contributed by atoms with E-state index >= 15 is 0 Å². The van der Waals surface area contributed by atoms with Crippen LogP contribution in [0.4, 0.5) is 0 Å². The zero-order chi connectivity index (χ0) is 35.5. The van der Waals surface area contributed by atoms with E-state index < -0.39 is 0 Å². The summed E-state index contributed by atoms with van der Waals surface area (Å²) in [6.07, 6.45) is 3.11. The molecule has 0 aliphatic carbocycles. The molecule has 1 amide bonds. The van der Waals surface area contributed by atoms with Crippen LogP contribution >= 0.6 is 23.1 Å². The highest BCUT2D eigenvalue weighted by Gasteiger charge is 2.22. The number of carbonyl (C=O) groups excluding carboxylic acids is 2. The SMILES string of the molecule is CC(C)(C)C/C(N)=N/O.CC(C)(C)CC(=O)Cc1nncs1.CC(C)(C)CC(=O)N1CCSCC1.CO/N=C(\N)CC(C)(C)C. The van der Waals surface area contributed by atoms with Crippen molar-refractivity contribution in [3.8, 4) is 0 Å². The van der Waals surface area contributed by atoms with Gasteiger partial charge in [0.2, 0.25) is 5.91 Å². The van der Waals surface area contributed by atoms with Crippen molar-refractivity contribution in [1.82, 2.24) is 15.1 Å². The standard InChI is InChI=1S/C10H19NOS.C9H14N2OS.C7H16N2O.C6H14N2O/c1-10(2,3)8-9(12)11-4-6-13-7-5-11;1-9(2,3)5-7(12)4-8-11-10-6-13-8;1-7(2,3)5-6(8)9-10-4;1-6(2,3)4-5(7)8-9/h4-8H2,1-3H3;6H,4-5H2,1-3H3;5H2,1-4H3,(H2,8,9);9H,4H2,1-3H3,(H2,7,8). The summed E-state index contributed by atoms with van der Waals surface area (Å²) in [5.74, 6) is 3.63. The minimum absolute atomic E-state index is 0.0712. The van der Waals surface area contributed by atoms with Gasteiger partial charge in [0.15, 0.2) is 0 Å². The number of nitrogens with two attached hydrogens (primary N) is 2. The molecular formula is C32H63N7O4S2. The van der Waals surface area contributed by atoms with Crippen LogP contribution in [-0.2, 0) is 20.8 Å². The lowest BCUT2D eigenvalue weighted by atomic mass is 9.89. The van der Waals surface area contributed by atoms with Crippen LogP contribution < -0.4 is 11.5 Å². The highest BCUT2D eigenvalue weighted by Crippen LogP contribution is 2.22. The monoisotopic (exact) mass is 673 g/mol. The molecule has 1 aliphatic heterocycles. The van der Waals surface area contributed by atoms with Crippen LogP contribution in [0.25, 0.3) is 0 Å². The zero-order valence-electron chi connectivity index (χ0n) is 30.3. The summed E-state index contributed by atoms with van der Waals surface area (Å²) >= 11 is 3.37. The number of amidine groups is 2. The molecule has 1 aromatic rings. The van der Waals surface area contributed by atoms with Gasteiger partial charge in [-0.05, 0) is 21.7 Å². The second-order valence-corrected chi connectivity index (χ2v) is 18.0. The van der Waals surface area contributed by atoms with E-state index in [-0.39, 0.29) is 27.4 Å². The van der Waals surface area contributed by atoms with Crippen molar-refractivity contribution in [3.05, 3.63) is 10.5 Å². The normalized spacial score (nSPS) is 14.6. The molecule has 2 rings (SSSR count). The summed E-state index contributed by atoms with van der Waals surface area (Å²) in [5.41, 5.74) is 12.9. The molecule has 1 aromatic heterocycles. The molecule has 45 heavy (non-hydrogen) atoms. The van der Waals surface area contributed by atoms with Crippen LogP contribution in [0, 0.1) is 21.7 Å². The predicted molar refractivity (Wildman–Crippen MR) is 191 cm³/mol. The maximum absolute atomic E-state index is 11.7. The average Bonchev–Trinajstić information content (AvgIpc) is 3.34. The smallest absolute Gasteiger partial charge is 0.223 e. The van der Waals surface area contributed by atoms with Crippen LogP contribution in [0.3, 0.4) is 0 Å². The highest BCUT2D eigenvalue weighted by molar-refractivity contribution is 7.99. The number of Topliss-reactive ketones (excluding diaryl/α,β-unsaturated/α-hetero) is 1. The van der Waals surface area contributed by atoms with Gasteiger partial charge in [-0.2, -0.15) is 11.8 Å². The van der Waals surface area contributed by atoms with Gasteiger partial charge in [0.05, 0.1) is 6.42 Å². The summed E-state index contributed by atoms with van der Waals surface area (Å²) in [7, 11) is 1.50. The molecule has 11 nitrogen and oxygen atoms in total. The Morgan fingerprint density at radius 3 is 1.67 bits per heavy atom. The van der Waals surface area contributed by atoms with Gasteiger partial charge in [-0.3, -0.25) is 9.59 Å². The first-order valence-electron chi connectivity index (χ1n) is 15.3. The van der Waals surface area contributed by atoms with Gasteiger partial charge < -0.3 is 26.4 Å². The third-order valence-corrected chi connectivity index (χ3v) is 6.93. The minimum atomic E-state index is 0.0712. The summed E-state index contributed by atoms with van der Waals surface area (Å²) in [6.45, 7) is 26.8. The van der Waals surface area contributed by atoms with E-state index in [4.69, 9.17) is 16.7 Å². The first kappa shape index (κ1) is 44.7. The lowest BCUT2D eigenvalue weighted by Crippen LogP contribution is -2.39. The van der Waals surface area contributed by atoms with Gasteiger partial charge in [0.1, 0.15) is 35.1 Å². The molecular weight excluding hydrogens is 611 g/mol. The fourth-order valence-corrected chi connectivity index (χ4v) is 5.20. The van der Waals surface area contributed by atoms with Gasteiger partial charge in [-0.15, -0.1) is 21.5 Å². The second-order valence-electron chi connectivity index (χ2n) is 15.8. The van der Waals surface area contributed by atoms with Crippen molar-refractivity contribution in [1.29, 1.82) is 0 Å². The summed E-state index contributed by atoms with van der Waals surface area (Å²) in [4.78, 5) is 29.7. The van der Waals surface area contributed by atoms with E-state index in [0.717, 1.165) is 36.0 Å². The Bertz CT molecular complexity index is 1010. The van der Waals surface area contributed by atoms with E-state index in [1.54, 1.807) is 5.51 Å². The van der Waals surface area contributed by atoms with Crippen LogP contribution in [0.15, 0.2) is 15.8 Å². The molecule has 0 saturated carbocycles. The number of aromatic nitrogens is 2. The molecule has 5 N–H and O–H groups in total. The molecule has 2 heterocycles. The van der Waals surface area contributed by atoms with E-state index in [2.05, 4.69) is 87.7 Å². The number of rotatable bonds is 7. The number of ketones is 1. The third-order valence-electron chi connectivity index (χ3n) is 5.29. The molecule has 0 radical (unpaired) electrons. The largest absolute Gasteiger partial charge is 0.409 e. The average molecular weight is 674 g/mol. The Labute approximate surface area is 281 Å². The van der Waals surface area contributed by atoms with Crippen molar-refractivity contribution < 1.29 is 19.6 Å². The van der Waals surface area contributed by atoms with E-state index in [1.807, 2.05) is 37.4 Å². The van der Waals surface area contributed by atoms with E-state index in [0.29, 0.717) is 43.3 Å². The van der Waals surface area contributed by atoms with Crippen molar-refractivity contribution in [2.24, 2.45) is 43.4 Å². The lowest BCUT2D eigenvalue weighted by molar-refractivity contribution is -0.132. The second kappa shape index (κ2) is 21.4. The lowest BCUT2D eigenvalue weighted by Gasteiger charge is -2.29. The van der Waals surface area contributed by atoms with E-state index in [9.17, 15) is 9.59 Å². The number of hydrogen-bond donors (Lipinski definition) is 3. The Balaban J connectivity index is 0. The summed E-state index contributed by atoms with van der Waals surface area (Å²) in [6, 6.07) is 0. The molecule has 0 atom stereocenters. The number of carbonyl (C=O) groups is 2. The predicted octanol–water partition coefficient (Wildman–Crippen LogP) is 6.59. The Morgan fingerprint density at radius 1 is 0.844 bits per heavy atom. The van der Waals surface area contributed by atoms with Crippen molar-refractivity contribution in [2.45, 2.75) is 115 Å². The third kappa shape index (κ3) is 31.4. The minimum Gasteiger partial charge on any atom is -0.409 e.